The molecule has 0 bridgehead atoms. The zero-order valence-corrected chi connectivity index (χ0v) is 18.3. The molecule has 3 aromatic rings. The highest BCUT2D eigenvalue weighted by Gasteiger charge is 2.07. The monoisotopic (exact) mass is 431 g/mol. The number of nitrogens with zero attached hydrogens (tertiary/aromatic N) is 2. The van der Waals surface area contributed by atoms with Crippen molar-refractivity contribution in [1.29, 1.82) is 5.26 Å². The Labute approximate surface area is 187 Å². The molecule has 0 aliphatic heterocycles. The van der Waals surface area contributed by atoms with Gasteiger partial charge in [-0.2, -0.15) is 10.4 Å². The summed E-state index contributed by atoms with van der Waals surface area (Å²) in [6.07, 6.45) is 1.71. The number of methoxy groups -OCH3 is 3. The van der Waals surface area contributed by atoms with E-state index in [9.17, 15) is 0 Å². The first-order valence-electron chi connectivity index (χ1n) is 9.93. The number of nitrogens with one attached hydrogen (secondary N) is 1. The Kier molecular flexibility index (Phi) is 7.93. The third kappa shape index (κ3) is 5.92. The molecule has 0 saturated carbocycles. The van der Waals surface area contributed by atoms with Crippen LogP contribution in [0.25, 0.3) is 0 Å². The molecule has 32 heavy (non-hydrogen) atoms. The summed E-state index contributed by atoms with van der Waals surface area (Å²) in [5.74, 6) is 2.58. The van der Waals surface area contributed by atoms with Gasteiger partial charge in [0.15, 0.2) is 23.0 Å². The van der Waals surface area contributed by atoms with Crippen molar-refractivity contribution < 1.29 is 18.9 Å². The number of hydrazone groups is 1. The van der Waals surface area contributed by atoms with Crippen molar-refractivity contribution in [2.45, 2.75) is 13.2 Å². The van der Waals surface area contributed by atoms with Crippen LogP contribution in [0.3, 0.4) is 0 Å². The fourth-order valence-electron chi connectivity index (χ4n) is 3.02. The molecule has 7 heteroatoms. The lowest BCUT2D eigenvalue weighted by molar-refractivity contribution is 0.284. The number of nitriles is 1. The molecule has 1 N–H and O–H groups in total. The van der Waals surface area contributed by atoms with E-state index in [0.717, 1.165) is 16.7 Å². The average Bonchev–Trinajstić information content (AvgIpc) is 2.85. The van der Waals surface area contributed by atoms with Gasteiger partial charge in [-0.05, 0) is 59.2 Å². The number of ether oxygens (including phenoxy) is 4. The Bertz CT molecular complexity index is 1120. The Morgan fingerprint density at radius 1 is 0.844 bits per heavy atom. The Morgan fingerprint density at radius 3 is 2.34 bits per heavy atom. The highest BCUT2D eigenvalue weighted by molar-refractivity contribution is 5.80. The van der Waals surface area contributed by atoms with Crippen molar-refractivity contribution in [1.82, 2.24) is 5.43 Å². The molecule has 0 spiro atoms. The van der Waals surface area contributed by atoms with E-state index in [1.54, 1.807) is 39.7 Å². The predicted molar refractivity (Wildman–Crippen MR) is 122 cm³/mol. The second kappa shape index (κ2) is 11.3. The summed E-state index contributed by atoms with van der Waals surface area (Å²) in [6.45, 7) is 0.878. The van der Waals surface area contributed by atoms with Gasteiger partial charge in [0.25, 0.3) is 0 Å². The Hall–Kier alpha value is -4.18. The summed E-state index contributed by atoms with van der Waals surface area (Å²) in [4.78, 5) is 0. The van der Waals surface area contributed by atoms with Gasteiger partial charge in [-0.1, -0.05) is 18.2 Å². The maximum absolute atomic E-state index is 9.02. The van der Waals surface area contributed by atoms with E-state index in [-0.39, 0.29) is 0 Å². The van der Waals surface area contributed by atoms with Gasteiger partial charge in [-0.3, -0.25) is 0 Å². The van der Waals surface area contributed by atoms with Gasteiger partial charge < -0.3 is 24.4 Å². The van der Waals surface area contributed by atoms with E-state index in [0.29, 0.717) is 41.7 Å². The lowest BCUT2D eigenvalue weighted by atomic mass is 10.1. The van der Waals surface area contributed by atoms with Crippen LogP contribution in [-0.4, -0.2) is 27.5 Å². The van der Waals surface area contributed by atoms with E-state index < -0.39 is 0 Å². The third-order valence-electron chi connectivity index (χ3n) is 4.67. The largest absolute Gasteiger partial charge is 0.493 e. The van der Waals surface area contributed by atoms with Crippen molar-refractivity contribution in [3.63, 3.8) is 0 Å². The minimum Gasteiger partial charge on any atom is -0.493 e. The van der Waals surface area contributed by atoms with Gasteiger partial charge in [0.1, 0.15) is 6.61 Å². The molecule has 0 fully saturated rings. The maximum Gasteiger partial charge on any atom is 0.161 e. The molecule has 0 heterocycles. The molecule has 0 saturated heterocycles. The van der Waals surface area contributed by atoms with Gasteiger partial charge in [-0.25, -0.2) is 0 Å². The van der Waals surface area contributed by atoms with E-state index in [1.807, 2.05) is 48.5 Å². The third-order valence-corrected chi connectivity index (χ3v) is 4.67. The standard InChI is InChI=1S/C25H25N3O4/c1-29-22-9-7-19(12-24(22)30-2)15-27-28-16-20-8-10-23(25(13-20)31-3)32-17-21-6-4-5-18(11-21)14-26/h4-13,16,27H,15,17H2,1-3H3/b28-16+. The minimum atomic E-state index is 0.339. The Balaban J connectivity index is 1.59. The Morgan fingerprint density at radius 2 is 1.59 bits per heavy atom. The second-order valence-electron chi connectivity index (χ2n) is 6.79. The van der Waals surface area contributed by atoms with Crippen LogP contribution in [0.1, 0.15) is 22.3 Å². The van der Waals surface area contributed by atoms with Gasteiger partial charge in [0.2, 0.25) is 0 Å². The van der Waals surface area contributed by atoms with Crippen LogP contribution < -0.4 is 24.4 Å². The molecule has 0 unspecified atom stereocenters. The highest BCUT2D eigenvalue weighted by atomic mass is 16.5. The van der Waals surface area contributed by atoms with Crippen molar-refractivity contribution in [2.24, 2.45) is 5.10 Å². The highest BCUT2D eigenvalue weighted by Crippen LogP contribution is 2.29. The van der Waals surface area contributed by atoms with Crippen LogP contribution >= 0.6 is 0 Å². The van der Waals surface area contributed by atoms with Crippen LogP contribution in [0.5, 0.6) is 23.0 Å². The van der Waals surface area contributed by atoms with E-state index in [1.165, 1.54) is 0 Å². The van der Waals surface area contributed by atoms with Crippen molar-refractivity contribution in [2.75, 3.05) is 21.3 Å². The van der Waals surface area contributed by atoms with Gasteiger partial charge >= 0.3 is 0 Å². The normalized spacial score (nSPS) is 10.4. The fraction of sp³-hybridized carbons (Fsp3) is 0.200. The van der Waals surface area contributed by atoms with Crippen LogP contribution in [0.15, 0.2) is 65.8 Å². The van der Waals surface area contributed by atoms with Crippen LogP contribution in [0.2, 0.25) is 0 Å². The molecule has 164 valence electrons. The molecule has 0 aliphatic rings. The molecule has 7 nitrogen and oxygen atoms in total. The topological polar surface area (TPSA) is 85.1 Å². The lowest BCUT2D eigenvalue weighted by Gasteiger charge is -2.11. The number of rotatable bonds is 10. The minimum absolute atomic E-state index is 0.339. The van der Waals surface area contributed by atoms with E-state index in [2.05, 4.69) is 16.6 Å². The molecule has 0 atom stereocenters. The molecular formula is C25H25N3O4. The summed E-state index contributed by atoms with van der Waals surface area (Å²) in [7, 11) is 4.81. The molecule has 0 aromatic heterocycles. The summed E-state index contributed by atoms with van der Waals surface area (Å²) < 4.78 is 21.9. The van der Waals surface area contributed by atoms with Gasteiger partial charge in [0.05, 0.1) is 45.7 Å². The van der Waals surface area contributed by atoms with Gasteiger partial charge in [-0.15, -0.1) is 0 Å². The van der Waals surface area contributed by atoms with E-state index >= 15 is 0 Å². The van der Waals surface area contributed by atoms with Crippen molar-refractivity contribution in [3.8, 4) is 29.1 Å². The van der Waals surface area contributed by atoms with Crippen LogP contribution in [0.4, 0.5) is 0 Å². The first-order chi connectivity index (χ1) is 15.7. The summed E-state index contributed by atoms with van der Waals surface area (Å²) >= 11 is 0. The molecule has 0 aliphatic carbocycles. The quantitative estimate of drug-likeness (QED) is 0.381. The molecule has 0 amide bonds. The molecule has 3 aromatic carbocycles. The van der Waals surface area contributed by atoms with Crippen LogP contribution in [-0.2, 0) is 13.2 Å². The maximum atomic E-state index is 9.02. The summed E-state index contributed by atoms with van der Waals surface area (Å²) in [5, 5.41) is 13.3. The van der Waals surface area contributed by atoms with Crippen molar-refractivity contribution >= 4 is 6.21 Å². The fourth-order valence-corrected chi connectivity index (χ4v) is 3.02. The average molecular weight is 431 g/mol. The summed E-state index contributed by atoms with van der Waals surface area (Å²) in [5.41, 5.74) is 6.42. The van der Waals surface area contributed by atoms with Gasteiger partial charge in [0, 0.05) is 0 Å². The number of hydrogen-bond acceptors (Lipinski definition) is 7. The molecule has 3 rings (SSSR count). The zero-order valence-electron chi connectivity index (χ0n) is 18.3. The first-order valence-corrected chi connectivity index (χ1v) is 9.93. The van der Waals surface area contributed by atoms with Crippen LogP contribution in [0, 0.1) is 11.3 Å². The predicted octanol–water partition coefficient (Wildman–Crippen LogP) is 4.29. The SMILES string of the molecule is COc1ccc(CN/N=C/c2ccc(OCc3cccc(C#N)c3)c(OC)c2)cc1OC. The first kappa shape index (κ1) is 22.5. The molecule has 0 radical (unpaired) electrons. The van der Waals surface area contributed by atoms with Crippen molar-refractivity contribution in [3.05, 3.63) is 82.9 Å². The van der Waals surface area contributed by atoms with E-state index in [4.69, 9.17) is 24.2 Å². The summed E-state index contributed by atoms with van der Waals surface area (Å²) in [6, 6.07) is 20.7. The number of hydrogen-bond donors (Lipinski definition) is 1. The lowest BCUT2D eigenvalue weighted by Crippen LogP contribution is -2.06. The zero-order chi connectivity index (χ0) is 22.8. The smallest absolute Gasteiger partial charge is 0.161 e. The number of benzene rings is 3. The molecular weight excluding hydrogens is 406 g/mol. The second-order valence-corrected chi connectivity index (χ2v) is 6.79.